The average Bonchev–Trinajstić information content (AvgIpc) is 3.18. The first-order valence-electron chi connectivity index (χ1n) is 10.0. The highest BCUT2D eigenvalue weighted by Crippen LogP contribution is 2.29. The lowest BCUT2D eigenvalue weighted by Gasteiger charge is -2.18. The Bertz CT molecular complexity index is 750. The highest BCUT2D eigenvalue weighted by molar-refractivity contribution is 5.94. The van der Waals surface area contributed by atoms with Crippen LogP contribution in [0.4, 0.5) is 13.2 Å². The Labute approximate surface area is 174 Å². The van der Waals surface area contributed by atoms with Crippen LogP contribution >= 0.6 is 0 Å². The summed E-state index contributed by atoms with van der Waals surface area (Å²) in [5.74, 6) is 0.269. The first-order valence-corrected chi connectivity index (χ1v) is 10.0. The minimum absolute atomic E-state index is 0.111. The molecule has 1 saturated heterocycles. The first kappa shape index (κ1) is 23.5. The molecule has 0 aliphatic carbocycles. The van der Waals surface area contributed by atoms with E-state index in [1.54, 1.807) is 0 Å². The molecule has 1 aromatic rings. The summed E-state index contributed by atoms with van der Waals surface area (Å²) in [5, 5.41) is 9.06. The lowest BCUT2D eigenvalue weighted by Crippen LogP contribution is -2.45. The van der Waals surface area contributed by atoms with Crippen LogP contribution in [0.5, 0.6) is 0 Å². The van der Waals surface area contributed by atoms with E-state index in [0.717, 1.165) is 30.7 Å². The number of amides is 2. The zero-order valence-corrected chi connectivity index (χ0v) is 17.2. The molecule has 1 aliphatic rings. The van der Waals surface area contributed by atoms with E-state index in [1.807, 2.05) is 18.7 Å². The summed E-state index contributed by atoms with van der Waals surface area (Å²) in [6.07, 6.45) is -3.11. The molecule has 0 aromatic heterocycles. The number of carbonyl (C=O) groups excluding carboxylic acids is 2. The van der Waals surface area contributed by atoms with Crippen molar-refractivity contribution < 1.29 is 22.8 Å². The van der Waals surface area contributed by atoms with E-state index in [0.29, 0.717) is 38.6 Å². The fourth-order valence-electron chi connectivity index (χ4n) is 3.09. The molecule has 0 radical (unpaired) electrons. The summed E-state index contributed by atoms with van der Waals surface area (Å²) in [5.41, 5.74) is -0.639. The SMILES string of the molecule is CCNC(=NCCNC(=O)c1ccc(C(F)(F)F)cc1)NC1CCN(C(=O)CC)C1. The largest absolute Gasteiger partial charge is 0.416 e. The number of aliphatic imine (C=N–C) groups is 1. The molecule has 1 unspecified atom stereocenters. The molecule has 1 aliphatic heterocycles. The molecule has 2 amide bonds. The van der Waals surface area contributed by atoms with Gasteiger partial charge in [-0.25, -0.2) is 0 Å². The van der Waals surface area contributed by atoms with E-state index >= 15 is 0 Å². The van der Waals surface area contributed by atoms with Crippen LogP contribution in [-0.4, -0.2) is 61.4 Å². The minimum Gasteiger partial charge on any atom is -0.357 e. The maximum absolute atomic E-state index is 12.6. The van der Waals surface area contributed by atoms with Gasteiger partial charge in [-0.05, 0) is 37.6 Å². The molecular formula is C20H28F3N5O2. The van der Waals surface area contributed by atoms with Gasteiger partial charge in [-0.1, -0.05) is 6.92 Å². The molecular weight excluding hydrogens is 399 g/mol. The van der Waals surface area contributed by atoms with Crippen LogP contribution in [0.2, 0.25) is 0 Å². The summed E-state index contributed by atoms with van der Waals surface area (Å²) in [6.45, 7) is 6.31. The molecule has 0 saturated carbocycles. The Morgan fingerprint density at radius 3 is 2.47 bits per heavy atom. The topological polar surface area (TPSA) is 85.8 Å². The monoisotopic (exact) mass is 427 g/mol. The highest BCUT2D eigenvalue weighted by atomic mass is 19.4. The second-order valence-corrected chi connectivity index (χ2v) is 6.91. The van der Waals surface area contributed by atoms with Gasteiger partial charge in [0.15, 0.2) is 5.96 Å². The standard InChI is InChI=1S/C20H28F3N5O2/c1-3-17(29)28-12-9-16(13-28)27-19(24-4-2)26-11-10-25-18(30)14-5-7-15(8-6-14)20(21,22)23/h5-8,16H,3-4,9-13H2,1-2H3,(H,25,30)(H2,24,26,27). The molecule has 166 valence electrons. The zero-order valence-electron chi connectivity index (χ0n) is 17.2. The zero-order chi connectivity index (χ0) is 22.1. The number of halogens is 3. The van der Waals surface area contributed by atoms with Gasteiger partial charge in [-0.2, -0.15) is 13.2 Å². The number of hydrogen-bond acceptors (Lipinski definition) is 3. The van der Waals surface area contributed by atoms with E-state index in [1.165, 1.54) is 0 Å². The van der Waals surface area contributed by atoms with Crippen molar-refractivity contribution in [3.05, 3.63) is 35.4 Å². The van der Waals surface area contributed by atoms with Gasteiger partial charge in [0, 0.05) is 44.2 Å². The molecule has 2 rings (SSSR count). The number of rotatable bonds is 7. The number of nitrogens with one attached hydrogen (secondary N) is 3. The van der Waals surface area contributed by atoms with Crippen LogP contribution in [0, 0.1) is 0 Å². The molecule has 1 aromatic carbocycles. The van der Waals surface area contributed by atoms with Crippen LogP contribution in [0.1, 0.15) is 42.6 Å². The summed E-state index contributed by atoms with van der Waals surface area (Å²) in [6, 6.07) is 4.18. The fraction of sp³-hybridized carbons (Fsp3) is 0.550. The molecule has 1 atom stereocenters. The van der Waals surface area contributed by atoms with Gasteiger partial charge in [-0.3, -0.25) is 14.6 Å². The van der Waals surface area contributed by atoms with Crippen LogP contribution < -0.4 is 16.0 Å². The van der Waals surface area contributed by atoms with E-state index in [4.69, 9.17) is 0 Å². The van der Waals surface area contributed by atoms with Crippen molar-refractivity contribution in [3.63, 3.8) is 0 Å². The van der Waals surface area contributed by atoms with Crippen molar-refractivity contribution >= 4 is 17.8 Å². The normalized spacial score (nSPS) is 17.0. The first-order chi connectivity index (χ1) is 14.2. The lowest BCUT2D eigenvalue weighted by molar-refractivity contribution is -0.137. The second-order valence-electron chi connectivity index (χ2n) is 6.91. The molecule has 1 fully saturated rings. The molecule has 7 nitrogen and oxygen atoms in total. The summed E-state index contributed by atoms with van der Waals surface area (Å²) < 4.78 is 37.8. The Hall–Kier alpha value is -2.78. The number of hydrogen-bond donors (Lipinski definition) is 3. The minimum atomic E-state index is -4.43. The predicted molar refractivity (Wildman–Crippen MR) is 108 cm³/mol. The van der Waals surface area contributed by atoms with Gasteiger partial charge in [0.25, 0.3) is 5.91 Å². The third kappa shape index (κ3) is 6.93. The van der Waals surface area contributed by atoms with E-state index in [9.17, 15) is 22.8 Å². The number of nitrogens with zero attached hydrogens (tertiary/aromatic N) is 2. The summed E-state index contributed by atoms with van der Waals surface area (Å²) in [4.78, 5) is 30.1. The summed E-state index contributed by atoms with van der Waals surface area (Å²) in [7, 11) is 0. The summed E-state index contributed by atoms with van der Waals surface area (Å²) >= 11 is 0. The Kier molecular flexibility index (Phi) is 8.49. The maximum atomic E-state index is 12.6. The van der Waals surface area contributed by atoms with Gasteiger partial charge in [0.1, 0.15) is 0 Å². The van der Waals surface area contributed by atoms with Gasteiger partial charge in [0.05, 0.1) is 12.1 Å². The molecule has 3 N–H and O–H groups in total. The van der Waals surface area contributed by atoms with Crippen LogP contribution in [0.25, 0.3) is 0 Å². The van der Waals surface area contributed by atoms with Crippen LogP contribution in [-0.2, 0) is 11.0 Å². The molecule has 10 heteroatoms. The van der Waals surface area contributed by atoms with E-state index in [-0.39, 0.29) is 24.1 Å². The smallest absolute Gasteiger partial charge is 0.357 e. The number of carbonyl (C=O) groups is 2. The highest BCUT2D eigenvalue weighted by Gasteiger charge is 2.30. The van der Waals surface area contributed by atoms with E-state index < -0.39 is 17.6 Å². The van der Waals surface area contributed by atoms with Crippen molar-refractivity contribution in [2.24, 2.45) is 4.99 Å². The van der Waals surface area contributed by atoms with Gasteiger partial charge < -0.3 is 20.9 Å². The van der Waals surface area contributed by atoms with Crippen molar-refractivity contribution in [3.8, 4) is 0 Å². The number of likely N-dealkylation sites (tertiary alicyclic amines) is 1. The average molecular weight is 427 g/mol. The van der Waals surface area contributed by atoms with Crippen molar-refractivity contribution in [2.75, 3.05) is 32.7 Å². The van der Waals surface area contributed by atoms with Crippen LogP contribution in [0.3, 0.4) is 0 Å². The van der Waals surface area contributed by atoms with Crippen molar-refractivity contribution in [1.29, 1.82) is 0 Å². The molecule has 1 heterocycles. The Morgan fingerprint density at radius 1 is 1.17 bits per heavy atom. The predicted octanol–water partition coefficient (Wildman–Crippen LogP) is 2.00. The molecule has 30 heavy (non-hydrogen) atoms. The quantitative estimate of drug-likeness (QED) is 0.353. The van der Waals surface area contributed by atoms with Gasteiger partial charge in [0.2, 0.25) is 5.91 Å². The van der Waals surface area contributed by atoms with Crippen LogP contribution in [0.15, 0.2) is 29.3 Å². The molecule has 0 spiro atoms. The number of alkyl halides is 3. The second kappa shape index (κ2) is 10.8. The Balaban J connectivity index is 1.81. The van der Waals surface area contributed by atoms with Crippen molar-refractivity contribution in [2.45, 2.75) is 38.9 Å². The van der Waals surface area contributed by atoms with Gasteiger partial charge >= 0.3 is 6.18 Å². The third-order valence-electron chi connectivity index (χ3n) is 4.67. The van der Waals surface area contributed by atoms with Gasteiger partial charge in [-0.15, -0.1) is 0 Å². The number of benzene rings is 1. The lowest BCUT2D eigenvalue weighted by atomic mass is 10.1. The van der Waals surface area contributed by atoms with Crippen molar-refractivity contribution in [1.82, 2.24) is 20.9 Å². The maximum Gasteiger partial charge on any atom is 0.416 e. The Morgan fingerprint density at radius 2 is 1.87 bits per heavy atom. The fourth-order valence-corrected chi connectivity index (χ4v) is 3.09. The third-order valence-corrected chi connectivity index (χ3v) is 4.67. The molecule has 0 bridgehead atoms. The van der Waals surface area contributed by atoms with E-state index in [2.05, 4.69) is 20.9 Å². The number of guanidine groups is 1.